The highest BCUT2D eigenvalue weighted by Crippen LogP contribution is 2.25. The normalized spacial score (nSPS) is 13.0. The summed E-state index contributed by atoms with van der Waals surface area (Å²) in [4.78, 5) is 12.1. The van der Waals surface area contributed by atoms with Crippen LogP contribution in [0, 0.1) is 11.6 Å². The Morgan fingerprint density at radius 2 is 1.59 bits per heavy atom. The van der Waals surface area contributed by atoms with Crippen LogP contribution in [-0.4, -0.2) is 17.6 Å². The van der Waals surface area contributed by atoms with Gasteiger partial charge in [0.05, 0.1) is 12.1 Å². The number of halogens is 2. The summed E-state index contributed by atoms with van der Waals surface area (Å²) < 4.78 is 26.6. The Hall–Kier alpha value is -3.05. The number of aliphatic hydroxyl groups is 1. The summed E-state index contributed by atoms with van der Waals surface area (Å²) in [6, 6.07) is 19.9. The van der Waals surface area contributed by atoms with Gasteiger partial charge in [0.2, 0.25) is 0 Å². The highest BCUT2D eigenvalue weighted by atomic mass is 19.1. The minimum absolute atomic E-state index is 0.118. The minimum atomic E-state index is -1.35. The van der Waals surface area contributed by atoms with Gasteiger partial charge in [-0.3, -0.25) is 4.79 Å². The maximum atomic E-state index is 13.7. The van der Waals surface area contributed by atoms with E-state index in [1.165, 1.54) is 0 Å². The first-order chi connectivity index (χ1) is 12.9. The molecule has 0 bridgehead atoms. The second kappa shape index (κ2) is 7.68. The van der Waals surface area contributed by atoms with Gasteiger partial charge in [0.25, 0.3) is 5.91 Å². The Morgan fingerprint density at radius 1 is 0.963 bits per heavy atom. The van der Waals surface area contributed by atoms with Gasteiger partial charge in [-0.1, -0.05) is 54.6 Å². The van der Waals surface area contributed by atoms with Crippen LogP contribution in [0.25, 0.3) is 11.1 Å². The fraction of sp³-hybridized carbons (Fsp3) is 0.136. The second-order valence-electron chi connectivity index (χ2n) is 6.52. The quantitative estimate of drug-likeness (QED) is 0.708. The van der Waals surface area contributed by atoms with E-state index in [0.29, 0.717) is 11.6 Å². The lowest BCUT2D eigenvalue weighted by atomic mass is 9.93. The predicted molar refractivity (Wildman–Crippen MR) is 100 cm³/mol. The summed E-state index contributed by atoms with van der Waals surface area (Å²) in [5, 5.41) is 13.2. The first-order valence-corrected chi connectivity index (χ1v) is 8.48. The van der Waals surface area contributed by atoms with Crippen molar-refractivity contribution < 1.29 is 18.7 Å². The highest BCUT2D eigenvalue weighted by molar-refractivity contribution is 5.94. The molecule has 1 unspecified atom stereocenters. The van der Waals surface area contributed by atoms with Gasteiger partial charge in [0, 0.05) is 6.07 Å². The molecule has 0 aliphatic heterocycles. The van der Waals surface area contributed by atoms with Gasteiger partial charge in [0.1, 0.15) is 17.2 Å². The van der Waals surface area contributed by atoms with E-state index >= 15 is 0 Å². The molecule has 3 aromatic rings. The van der Waals surface area contributed by atoms with Gasteiger partial charge in [-0.2, -0.15) is 0 Å². The van der Waals surface area contributed by atoms with E-state index < -0.39 is 23.1 Å². The van der Waals surface area contributed by atoms with Gasteiger partial charge in [-0.25, -0.2) is 8.78 Å². The average molecular weight is 367 g/mol. The van der Waals surface area contributed by atoms with E-state index in [0.717, 1.165) is 23.3 Å². The number of amides is 1. The second-order valence-corrected chi connectivity index (χ2v) is 6.52. The maximum absolute atomic E-state index is 13.7. The van der Waals surface area contributed by atoms with Crippen LogP contribution in [0.5, 0.6) is 0 Å². The highest BCUT2D eigenvalue weighted by Gasteiger charge is 2.24. The van der Waals surface area contributed by atoms with Crippen molar-refractivity contribution in [2.24, 2.45) is 0 Å². The molecular weight excluding hydrogens is 348 g/mol. The molecule has 0 saturated carbocycles. The van der Waals surface area contributed by atoms with E-state index in [1.807, 2.05) is 42.5 Å². The van der Waals surface area contributed by atoms with Gasteiger partial charge in [-0.15, -0.1) is 0 Å². The first-order valence-electron chi connectivity index (χ1n) is 8.48. The molecule has 1 amide bonds. The standard InChI is InChI=1S/C22H19F2NO2/c1-22(27,14-25-21(26)19-12-11-18(23)13-20(19)24)17-9-7-16(8-10-17)15-5-3-2-4-6-15/h2-13,27H,14H2,1H3,(H,25,26). The summed E-state index contributed by atoms with van der Waals surface area (Å²) >= 11 is 0. The average Bonchev–Trinajstić information content (AvgIpc) is 2.67. The number of carbonyl (C=O) groups is 1. The SMILES string of the molecule is CC(O)(CNC(=O)c1ccc(F)cc1F)c1ccc(-c2ccccc2)cc1. The third kappa shape index (κ3) is 4.38. The zero-order valence-corrected chi connectivity index (χ0v) is 14.7. The largest absolute Gasteiger partial charge is 0.384 e. The molecule has 0 heterocycles. The Morgan fingerprint density at radius 3 is 2.22 bits per heavy atom. The lowest BCUT2D eigenvalue weighted by molar-refractivity contribution is 0.0525. The van der Waals surface area contributed by atoms with Crippen LogP contribution in [0.4, 0.5) is 8.78 Å². The molecule has 0 saturated heterocycles. The Kier molecular flexibility index (Phi) is 5.33. The fourth-order valence-corrected chi connectivity index (χ4v) is 2.78. The molecule has 5 heteroatoms. The molecule has 138 valence electrons. The third-order valence-corrected chi connectivity index (χ3v) is 4.38. The lowest BCUT2D eigenvalue weighted by Crippen LogP contribution is -2.38. The zero-order chi connectivity index (χ0) is 19.4. The van der Waals surface area contributed by atoms with Crippen LogP contribution >= 0.6 is 0 Å². The number of hydrogen-bond acceptors (Lipinski definition) is 2. The summed E-state index contributed by atoms with van der Waals surface area (Å²) in [5.74, 6) is -2.41. The van der Waals surface area contributed by atoms with E-state index in [2.05, 4.69) is 5.32 Å². The van der Waals surface area contributed by atoms with Crippen molar-refractivity contribution in [1.82, 2.24) is 5.32 Å². The van der Waals surface area contributed by atoms with Crippen molar-refractivity contribution >= 4 is 5.91 Å². The smallest absolute Gasteiger partial charge is 0.254 e. The van der Waals surface area contributed by atoms with E-state index in [1.54, 1.807) is 19.1 Å². The van der Waals surface area contributed by atoms with Crippen LogP contribution in [0.1, 0.15) is 22.8 Å². The molecule has 0 aliphatic rings. The molecule has 3 nitrogen and oxygen atoms in total. The molecule has 0 aromatic heterocycles. The number of nitrogens with one attached hydrogen (secondary N) is 1. The molecular formula is C22H19F2NO2. The number of carbonyl (C=O) groups excluding carboxylic acids is 1. The van der Waals surface area contributed by atoms with Crippen LogP contribution < -0.4 is 5.32 Å². The van der Waals surface area contributed by atoms with Crippen molar-refractivity contribution in [3.63, 3.8) is 0 Å². The Labute approximate surface area is 156 Å². The topological polar surface area (TPSA) is 49.3 Å². The van der Waals surface area contributed by atoms with Crippen molar-refractivity contribution in [3.8, 4) is 11.1 Å². The molecule has 0 spiro atoms. The molecule has 0 aliphatic carbocycles. The van der Waals surface area contributed by atoms with Crippen LogP contribution in [0.2, 0.25) is 0 Å². The monoisotopic (exact) mass is 367 g/mol. The Bertz CT molecular complexity index is 938. The van der Waals surface area contributed by atoms with E-state index in [-0.39, 0.29) is 12.1 Å². The van der Waals surface area contributed by atoms with E-state index in [4.69, 9.17) is 0 Å². The summed E-state index contributed by atoms with van der Waals surface area (Å²) in [6.07, 6.45) is 0. The van der Waals surface area contributed by atoms with Crippen molar-refractivity contribution in [2.75, 3.05) is 6.54 Å². The summed E-state index contributed by atoms with van der Waals surface area (Å²) in [5.41, 5.74) is 1.06. The molecule has 3 rings (SSSR count). The number of rotatable bonds is 5. The minimum Gasteiger partial charge on any atom is -0.384 e. The van der Waals surface area contributed by atoms with Crippen LogP contribution in [0.15, 0.2) is 72.8 Å². The van der Waals surface area contributed by atoms with Gasteiger partial charge in [0.15, 0.2) is 0 Å². The zero-order valence-electron chi connectivity index (χ0n) is 14.7. The molecule has 2 N–H and O–H groups in total. The van der Waals surface area contributed by atoms with Crippen LogP contribution in [-0.2, 0) is 5.60 Å². The molecule has 3 aromatic carbocycles. The van der Waals surface area contributed by atoms with Gasteiger partial charge in [-0.05, 0) is 35.7 Å². The third-order valence-electron chi connectivity index (χ3n) is 4.38. The van der Waals surface area contributed by atoms with E-state index in [9.17, 15) is 18.7 Å². The maximum Gasteiger partial charge on any atom is 0.254 e. The molecule has 0 radical (unpaired) electrons. The van der Waals surface area contributed by atoms with Gasteiger partial charge < -0.3 is 10.4 Å². The van der Waals surface area contributed by atoms with Crippen LogP contribution in [0.3, 0.4) is 0 Å². The number of benzene rings is 3. The Balaban J connectivity index is 1.70. The molecule has 0 fully saturated rings. The lowest BCUT2D eigenvalue weighted by Gasteiger charge is -2.24. The first kappa shape index (κ1) is 18.7. The fourth-order valence-electron chi connectivity index (χ4n) is 2.78. The van der Waals surface area contributed by atoms with Crippen molar-refractivity contribution in [3.05, 3.63) is 95.6 Å². The molecule has 1 atom stereocenters. The van der Waals surface area contributed by atoms with Crippen molar-refractivity contribution in [2.45, 2.75) is 12.5 Å². The van der Waals surface area contributed by atoms with Crippen molar-refractivity contribution in [1.29, 1.82) is 0 Å². The predicted octanol–water partition coefficient (Wildman–Crippen LogP) is 4.27. The number of hydrogen-bond donors (Lipinski definition) is 2. The summed E-state index contributed by atoms with van der Waals surface area (Å²) in [6.45, 7) is 1.44. The molecule has 27 heavy (non-hydrogen) atoms. The van der Waals surface area contributed by atoms with Gasteiger partial charge >= 0.3 is 0 Å². The summed E-state index contributed by atoms with van der Waals surface area (Å²) in [7, 11) is 0.